The van der Waals surface area contributed by atoms with Gasteiger partial charge in [-0.15, -0.1) is 0 Å². The molecule has 118 valence electrons. The molecule has 5 nitrogen and oxygen atoms in total. The van der Waals surface area contributed by atoms with Crippen molar-refractivity contribution in [3.05, 3.63) is 42.5 Å². The van der Waals surface area contributed by atoms with E-state index in [9.17, 15) is 9.59 Å². The number of anilines is 1. The number of amides is 2. The van der Waals surface area contributed by atoms with E-state index < -0.39 is 0 Å². The van der Waals surface area contributed by atoms with Crippen LogP contribution in [-0.2, 0) is 9.59 Å². The summed E-state index contributed by atoms with van der Waals surface area (Å²) in [6, 6.07) is 8.43. The maximum Gasteiger partial charge on any atom is 0.246 e. The molecule has 0 radical (unpaired) electrons. The Kier molecular flexibility index (Phi) is 5.20. The molecule has 0 spiro atoms. The molecule has 2 rings (SSSR count). The standard InChI is InChI=1S/C17H23N3O2/c1-4-16(21)18(3)13-17(22)20-11-9-19(10-12-20)15-7-5-14(2)6-8-15/h4-8H,1,9-13H2,2-3H3. The van der Waals surface area contributed by atoms with Gasteiger partial charge in [-0.05, 0) is 25.1 Å². The second-order valence-electron chi connectivity index (χ2n) is 5.60. The summed E-state index contributed by atoms with van der Waals surface area (Å²) in [6.07, 6.45) is 1.22. The maximum absolute atomic E-state index is 12.2. The minimum atomic E-state index is -0.230. The Morgan fingerprint density at radius 3 is 2.32 bits per heavy atom. The Labute approximate surface area is 131 Å². The van der Waals surface area contributed by atoms with Crippen LogP contribution in [0.1, 0.15) is 5.56 Å². The molecular weight excluding hydrogens is 278 g/mol. The van der Waals surface area contributed by atoms with Gasteiger partial charge >= 0.3 is 0 Å². The molecule has 5 heteroatoms. The molecule has 0 atom stereocenters. The van der Waals surface area contributed by atoms with Crippen molar-refractivity contribution in [3.63, 3.8) is 0 Å². The third-order valence-electron chi connectivity index (χ3n) is 3.95. The first-order valence-electron chi connectivity index (χ1n) is 7.48. The van der Waals surface area contributed by atoms with Crippen LogP contribution in [0.4, 0.5) is 5.69 Å². The molecule has 1 saturated heterocycles. The third-order valence-corrected chi connectivity index (χ3v) is 3.95. The molecule has 22 heavy (non-hydrogen) atoms. The van der Waals surface area contributed by atoms with Crippen molar-refractivity contribution in [2.45, 2.75) is 6.92 Å². The summed E-state index contributed by atoms with van der Waals surface area (Å²) in [7, 11) is 1.62. The normalized spacial score (nSPS) is 14.6. The highest BCUT2D eigenvalue weighted by atomic mass is 16.2. The maximum atomic E-state index is 12.2. The summed E-state index contributed by atoms with van der Waals surface area (Å²) in [4.78, 5) is 29.1. The smallest absolute Gasteiger partial charge is 0.246 e. The summed E-state index contributed by atoms with van der Waals surface area (Å²) >= 11 is 0. The molecular formula is C17H23N3O2. The molecule has 0 aromatic heterocycles. The first-order valence-corrected chi connectivity index (χ1v) is 7.48. The van der Waals surface area contributed by atoms with Crippen molar-refractivity contribution >= 4 is 17.5 Å². The minimum Gasteiger partial charge on any atom is -0.368 e. The highest BCUT2D eigenvalue weighted by Crippen LogP contribution is 2.17. The number of piperazine rings is 1. The van der Waals surface area contributed by atoms with Gasteiger partial charge < -0.3 is 14.7 Å². The van der Waals surface area contributed by atoms with Gasteiger partial charge in [0.05, 0.1) is 6.54 Å². The van der Waals surface area contributed by atoms with E-state index in [1.807, 2.05) is 4.90 Å². The Morgan fingerprint density at radius 1 is 1.18 bits per heavy atom. The molecule has 1 heterocycles. The zero-order valence-corrected chi connectivity index (χ0v) is 13.3. The Balaban J connectivity index is 1.86. The lowest BCUT2D eigenvalue weighted by atomic mass is 10.2. The third kappa shape index (κ3) is 3.87. The van der Waals surface area contributed by atoms with Crippen LogP contribution in [0.25, 0.3) is 0 Å². The van der Waals surface area contributed by atoms with Crippen molar-refractivity contribution < 1.29 is 9.59 Å². The molecule has 1 aliphatic rings. The van der Waals surface area contributed by atoms with Crippen LogP contribution >= 0.6 is 0 Å². The van der Waals surface area contributed by atoms with Crippen LogP contribution in [0.2, 0.25) is 0 Å². The molecule has 2 amide bonds. The summed E-state index contributed by atoms with van der Waals surface area (Å²) in [6.45, 7) is 8.60. The fraction of sp³-hybridized carbons (Fsp3) is 0.412. The quantitative estimate of drug-likeness (QED) is 0.787. The van der Waals surface area contributed by atoms with Crippen LogP contribution in [0.15, 0.2) is 36.9 Å². The van der Waals surface area contributed by atoms with Gasteiger partial charge in [-0.3, -0.25) is 9.59 Å². The number of hydrogen-bond donors (Lipinski definition) is 0. The van der Waals surface area contributed by atoms with Crippen molar-refractivity contribution in [2.75, 3.05) is 44.7 Å². The van der Waals surface area contributed by atoms with Crippen molar-refractivity contribution in [1.29, 1.82) is 0 Å². The van der Waals surface area contributed by atoms with E-state index in [1.54, 1.807) is 7.05 Å². The van der Waals surface area contributed by atoms with Crippen LogP contribution in [0, 0.1) is 6.92 Å². The summed E-state index contributed by atoms with van der Waals surface area (Å²) < 4.78 is 0. The van der Waals surface area contributed by atoms with Crippen molar-refractivity contribution in [1.82, 2.24) is 9.80 Å². The molecule has 0 bridgehead atoms. The van der Waals surface area contributed by atoms with E-state index in [-0.39, 0.29) is 18.4 Å². The van der Waals surface area contributed by atoms with E-state index in [4.69, 9.17) is 0 Å². The monoisotopic (exact) mass is 301 g/mol. The molecule has 0 N–H and O–H groups in total. The number of benzene rings is 1. The largest absolute Gasteiger partial charge is 0.368 e. The molecule has 1 aromatic rings. The number of aryl methyl sites for hydroxylation is 1. The minimum absolute atomic E-state index is 0.0127. The Bertz CT molecular complexity index is 546. The highest BCUT2D eigenvalue weighted by molar-refractivity contribution is 5.90. The second kappa shape index (κ2) is 7.11. The lowest BCUT2D eigenvalue weighted by Gasteiger charge is -2.36. The zero-order valence-electron chi connectivity index (χ0n) is 13.3. The second-order valence-corrected chi connectivity index (χ2v) is 5.60. The molecule has 1 aliphatic heterocycles. The molecule has 1 aromatic carbocycles. The van der Waals surface area contributed by atoms with E-state index in [2.05, 4.69) is 42.7 Å². The van der Waals surface area contributed by atoms with Crippen LogP contribution in [0.5, 0.6) is 0 Å². The summed E-state index contributed by atoms with van der Waals surface area (Å²) in [5.41, 5.74) is 2.43. The van der Waals surface area contributed by atoms with Crippen LogP contribution in [-0.4, -0.2) is 61.4 Å². The van der Waals surface area contributed by atoms with Gasteiger partial charge in [-0.1, -0.05) is 24.3 Å². The van der Waals surface area contributed by atoms with Crippen molar-refractivity contribution in [2.24, 2.45) is 0 Å². The van der Waals surface area contributed by atoms with Gasteiger partial charge in [-0.25, -0.2) is 0 Å². The molecule has 0 saturated carbocycles. The lowest BCUT2D eigenvalue weighted by Crippen LogP contribution is -2.51. The van der Waals surface area contributed by atoms with Crippen molar-refractivity contribution in [3.8, 4) is 0 Å². The van der Waals surface area contributed by atoms with Gasteiger partial charge in [-0.2, -0.15) is 0 Å². The number of carbonyl (C=O) groups excluding carboxylic acids is 2. The molecule has 0 unspecified atom stereocenters. The first-order chi connectivity index (χ1) is 10.5. The highest BCUT2D eigenvalue weighted by Gasteiger charge is 2.22. The summed E-state index contributed by atoms with van der Waals surface area (Å²) in [5, 5.41) is 0. The molecule has 1 fully saturated rings. The number of likely N-dealkylation sites (N-methyl/N-ethyl adjacent to an activating group) is 1. The van der Waals surface area contributed by atoms with Gasteiger partial charge in [0, 0.05) is 38.9 Å². The number of hydrogen-bond acceptors (Lipinski definition) is 3. The average Bonchev–Trinajstić information content (AvgIpc) is 2.54. The van der Waals surface area contributed by atoms with Gasteiger partial charge in [0.25, 0.3) is 0 Å². The Hall–Kier alpha value is -2.30. The van der Waals surface area contributed by atoms with E-state index in [0.717, 1.165) is 13.1 Å². The Morgan fingerprint density at radius 2 is 1.77 bits per heavy atom. The fourth-order valence-corrected chi connectivity index (χ4v) is 2.51. The van der Waals surface area contributed by atoms with Gasteiger partial charge in [0.15, 0.2) is 0 Å². The zero-order chi connectivity index (χ0) is 16.1. The van der Waals surface area contributed by atoms with Gasteiger partial charge in [0.2, 0.25) is 11.8 Å². The number of rotatable bonds is 4. The van der Waals surface area contributed by atoms with E-state index in [1.165, 1.54) is 22.2 Å². The average molecular weight is 301 g/mol. The van der Waals surface area contributed by atoms with Crippen LogP contribution in [0.3, 0.4) is 0 Å². The van der Waals surface area contributed by atoms with Gasteiger partial charge in [0.1, 0.15) is 0 Å². The predicted molar refractivity (Wildman–Crippen MR) is 87.8 cm³/mol. The topological polar surface area (TPSA) is 43.9 Å². The SMILES string of the molecule is C=CC(=O)N(C)CC(=O)N1CCN(c2ccc(C)cc2)CC1. The summed E-state index contributed by atoms with van der Waals surface area (Å²) in [5.74, 6) is -0.243. The van der Waals surface area contributed by atoms with E-state index in [0.29, 0.717) is 13.1 Å². The molecule has 0 aliphatic carbocycles. The first kappa shape index (κ1) is 16.1. The predicted octanol–water partition coefficient (Wildman–Crippen LogP) is 1.29. The van der Waals surface area contributed by atoms with E-state index >= 15 is 0 Å². The fourth-order valence-electron chi connectivity index (χ4n) is 2.51. The lowest BCUT2D eigenvalue weighted by molar-refractivity contribution is -0.137. The number of carbonyl (C=O) groups is 2. The van der Waals surface area contributed by atoms with Crippen LogP contribution < -0.4 is 4.90 Å². The number of nitrogens with zero attached hydrogens (tertiary/aromatic N) is 3.